The van der Waals surface area contributed by atoms with Crippen molar-refractivity contribution in [1.82, 2.24) is 19.9 Å². The van der Waals surface area contributed by atoms with Gasteiger partial charge in [0.25, 0.3) is 0 Å². The average Bonchev–Trinajstić information content (AvgIpc) is 3.43. The minimum atomic E-state index is -0.820. The molecule has 12 heteroatoms. The molecule has 4 heterocycles. The van der Waals surface area contributed by atoms with Gasteiger partial charge in [0.05, 0.1) is 24.2 Å². The van der Waals surface area contributed by atoms with Crippen molar-refractivity contribution < 1.29 is 33.2 Å². The number of hydrogen-bond acceptors (Lipinski definition) is 10. The van der Waals surface area contributed by atoms with E-state index in [1.807, 2.05) is 20.8 Å². The Bertz CT molecular complexity index is 1930. The molecule has 2 aromatic heterocycles. The van der Waals surface area contributed by atoms with Gasteiger partial charge in [-0.15, -0.1) is 6.42 Å². The first-order valence-electron chi connectivity index (χ1n) is 19.1. The molecular formula is C41H51F2N5O5. The van der Waals surface area contributed by atoms with Crippen LogP contribution in [0.25, 0.3) is 32.9 Å². The monoisotopic (exact) mass is 731 g/mol. The molecule has 1 aliphatic carbocycles. The molecule has 10 nitrogen and oxygen atoms in total. The zero-order chi connectivity index (χ0) is 37.5. The molecule has 3 fully saturated rings. The predicted octanol–water partition coefficient (Wildman–Crippen LogP) is 7.21. The van der Waals surface area contributed by atoms with Gasteiger partial charge < -0.3 is 29.3 Å². The number of aromatic hydroxyl groups is 1. The maximum absolute atomic E-state index is 16.9. The number of benzene rings is 2. The number of anilines is 1. The van der Waals surface area contributed by atoms with E-state index < -0.39 is 18.4 Å². The zero-order valence-electron chi connectivity index (χ0n) is 31.0. The maximum atomic E-state index is 16.9. The van der Waals surface area contributed by atoms with Crippen LogP contribution < -0.4 is 9.64 Å². The van der Waals surface area contributed by atoms with Gasteiger partial charge in [0, 0.05) is 61.0 Å². The Morgan fingerprint density at radius 2 is 1.92 bits per heavy atom. The largest absolute Gasteiger partial charge is 0.508 e. The zero-order valence-corrected chi connectivity index (χ0v) is 31.0. The second-order valence-electron chi connectivity index (χ2n) is 13.9. The van der Waals surface area contributed by atoms with Crippen molar-refractivity contribution in [3.05, 3.63) is 47.7 Å². The van der Waals surface area contributed by atoms with Crippen molar-refractivity contribution in [1.29, 1.82) is 0 Å². The van der Waals surface area contributed by atoms with E-state index in [1.54, 1.807) is 4.90 Å². The Labute approximate surface area is 310 Å². The Kier molecular flexibility index (Phi) is 12.6. The first kappa shape index (κ1) is 38.6. The maximum Gasteiger partial charge on any atom is 0.319 e. The molecule has 2 aromatic carbocycles. The lowest BCUT2D eigenvalue weighted by Crippen LogP contribution is -2.55. The number of likely N-dealkylation sites (tertiary alicyclic amines) is 1. The molecule has 3 atom stereocenters. The van der Waals surface area contributed by atoms with E-state index in [-0.39, 0.29) is 62.6 Å². The van der Waals surface area contributed by atoms with Crippen molar-refractivity contribution >= 4 is 27.5 Å². The summed E-state index contributed by atoms with van der Waals surface area (Å²) in [5, 5.41) is 22.0. The van der Waals surface area contributed by atoms with Crippen LogP contribution in [0.1, 0.15) is 77.7 Å². The molecule has 0 spiro atoms. The van der Waals surface area contributed by atoms with Gasteiger partial charge in [-0.25, -0.2) is 8.78 Å². The fraction of sp³-hybridized carbons (Fsp3) is 0.537. The summed E-state index contributed by atoms with van der Waals surface area (Å²) < 4.78 is 49.7. The minimum Gasteiger partial charge on any atom is -0.508 e. The second-order valence-corrected chi connectivity index (χ2v) is 13.9. The fourth-order valence-corrected chi connectivity index (χ4v) is 8.63. The molecule has 0 amide bonds. The van der Waals surface area contributed by atoms with E-state index in [9.17, 15) is 14.6 Å². The normalized spacial score (nSPS) is 21.8. The van der Waals surface area contributed by atoms with Gasteiger partial charge in [0.2, 0.25) is 0 Å². The Hall–Kier alpha value is -4.15. The highest BCUT2D eigenvalue weighted by Gasteiger charge is 2.50. The number of aliphatic hydroxyl groups is 1. The van der Waals surface area contributed by atoms with Crippen molar-refractivity contribution in [3.63, 3.8) is 0 Å². The van der Waals surface area contributed by atoms with Gasteiger partial charge in [-0.3, -0.25) is 9.88 Å². The van der Waals surface area contributed by atoms with Gasteiger partial charge in [-0.2, -0.15) is 9.97 Å². The number of nitrogens with zero attached hydrogens (tertiary/aromatic N) is 5. The number of fused-ring (bicyclic) bond motifs is 3. The molecule has 3 unspecified atom stereocenters. The number of aromatic nitrogens is 3. The van der Waals surface area contributed by atoms with E-state index >= 15 is 4.39 Å². The van der Waals surface area contributed by atoms with Crippen LogP contribution in [0.3, 0.4) is 0 Å². The van der Waals surface area contributed by atoms with Crippen molar-refractivity contribution in [2.75, 3.05) is 57.8 Å². The van der Waals surface area contributed by atoms with Gasteiger partial charge in [-0.1, -0.05) is 32.3 Å². The van der Waals surface area contributed by atoms with Gasteiger partial charge in [0.1, 0.15) is 35.3 Å². The standard InChI is InChI=1S/C39H45F2N5O5.C2H6/c1-3-28-31(40)11-10-25-20-27(48)21-29(33(25)28)35-34(41)36-30(22-42-35)37(45(24-47)16-19-49-4-2)44-38(43-36)51-23-39-13-5-9-32(39)46(15-7-14-39)26-8-6-17-50-18-12-26;1-2/h1,10-11,20-22,26,32,47-48H,4-9,12-19,23-24H2,2H3;1-2H3. The third-order valence-corrected chi connectivity index (χ3v) is 11.0. The quantitative estimate of drug-likeness (QED) is 0.0933. The summed E-state index contributed by atoms with van der Waals surface area (Å²) in [6.45, 7) is 9.57. The highest BCUT2D eigenvalue weighted by Crippen LogP contribution is 2.49. The summed E-state index contributed by atoms with van der Waals surface area (Å²) in [5.41, 5.74) is -0.297. The van der Waals surface area contributed by atoms with Crippen LogP contribution in [0.15, 0.2) is 30.5 Å². The van der Waals surface area contributed by atoms with Crippen LogP contribution >= 0.6 is 0 Å². The third kappa shape index (κ3) is 7.76. The number of pyridine rings is 1. The molecule has 284 valence electrons. The second kappa shape index (κ2) is 17.3. The summed E-state index contributed by atoms with van der Waals surface area (Å²) in [6, 6.07) is 6.28. The van der Waals surface area contributed by atoms with Crippen LogP contribution in [0.5, 0.6) is 11.8 Å². The van der Waals surface area contributed by atoms with E-state index in [2.05, 4.69) is 20.8 Å². The summed E-state index contributed by atoms with van der Waals surface area (Å²) in [4.78, 5) is 18.1. The molecule has 7 rings (SSSR count). The van der Waals surface area contributed by atoms with Crippen LogP contribution in [-0.4, -0.2) is 95.0 Å². The van der Waals surface area contributed by atoms with Gasteiger partial charge in [0.15, 0.2) is 5.82 Å². The molecule has 1 saturated carbocycles. The predicted molar refractivity (Wildman–Crippen MR) is 202 cm³/mol. The molecule has 3 aliphatic rings. The summed E-state index contributed by atoms with van der Waals surface area (Å²) in [5.74, 6) is 0.990. The highest BCUT2D eigenvalue weighted by molar-refractivity contribution is 6.03. The number of halogens is 2. The van der Waals surface area contributed by atoms with Crippen LogP contribution in [0.4, 0.5) is 14.6 Å². The number of ether oxygens (including phenoxy) is 3. The van der Waals surface area contributed by atoms with Crippen molar-refractivity contribution in [3.8, 4) is 35.4 Å². The van der Waals surface area contributed by atoms with E-state index in [4.69, 9.17) is 25.6 Å². The first-order chi connectivity index (χ1) is 25.9. The number of phenolic OH excluding ortho intramolecular Hbond substituents is 1. The van der Waals surface area contributed by atoms with E-state index in [0.717, 1.165) is 71.1 Å². The molecular weight excluding hydrogens is 680 g/mol. The molecule has 0 bridgehead atoms. The average molecular weight is 732 g/mol. The lowest BCUT2D eigenvalue weighted by Gasteiger charge is -2.49. The van der Waals surface area contributed by atoms with E-state index in [1.165, 1.54) is 30.5 Å². The fourth-order valence-electron chi connectivity index (χ4n) is 8.63. The summed E-state index contributed by atoms with van der Waals surface area (Å²) in [6.07, 6.45) is 15.7. The number of aliphatic hydroxyl groups excluding tert-OH is 1. The summed E-state index contributed by atoms with van der Waals surface area (Å²) >= 11 is 0. The lowest BCUT2D eigenvalue weighted by molar-refractivity contribution is -0.0266. The van der Waals surface area contributed by atoms with Gasteiger partial charge in [-0.05, 0) is 82.0 Å². The Balaban J connectivity index is 0.00000236. The van der Waals surface area contributed by atoms with E-state index in [0.29, 0.717) is 37.3 Å². The highest BCUT2D eigenvalue weighted by atomic mass is 19.1. The Morgan fingerprint density at radius 3 is 2.72 bits per heavy atom. The van der Waals surface area contributed by atoms with Gasteiger partial charge >= 0.3 is 6.01 Å². The number of terminal acetylenes is 1. The van der Waals surface area contributed by atoms with Crippen LogP contribution in [0.2, 0.25) is 0 Å². The number of phenols is 1. The molecule has 4 aromatic rings. The third-order valence-electron chi connectivity index (χ3n) is 11.0. The first-order valence-corrected chi connectivity index (χ1v) is 19.1. The molecule has 53 heavy (non-hydrogen) atoms. The Morgan fingerprint density at radius 1 is 1.09 bits per heavy atom. The number of piperidine rings is 1. The number of hydrogen-bond donors (Lipinski definition) is 2. The lowest BCUT2D eigenvalue weighted by atomic mass is 9.74. The molecule has 2 N–H and O–H groups in total. The molecule has 2 saturated heterocycles. The SMILES string of the molecule is C#Cc1c(F)ccc2cc(O)cc(-c3ncc4c(N(CO)CCOCC)nc(OCC56CCCC5N(C5CCCOCC5)CCC6)nc4c3F)c12.CC. The van der Waals surface area contributed by atoms with Crippen LogP contribution in [-0.2, 0) is 9.47 Å². The molecule has 0 radical (unpaired) electrons. The van der Waals surface area contributed by atoms with Crippen molar-refractivity contribution in [2.45, 2.75) is 84.2 Å². The summed E-state index contributed by atoms with van der Waals surface area (Å²) in [7, 11) is 0. The van der Waals surface area contributed by atoms with Crippen LogP contribution in [0, 0.1) is 29.4 Å². The molecule has 2 aliphatic heterocycles. The minimum absolute atomic E-state index is 0.0143. The smallest absolute Gasteiger partial charge is 0.319 e. The topological polar surface area (TPSA) is 113 Å². The van der Waals surface area contributed by atoms with Crippen molar-refractivity contribution in [2.24, 2.45) is 5.41 Å². The number of rotatable bonds is 11.